The molecule has 0 spiro atoms. The average Bonchev–Trinajstić information content (AvgIpc) is 3.13. The Labute approximate surface area is 153 Å². The Morgan fingerprint density at radius 2 is 2.12 bits per heavy atom. The van der Waals surface area contributed by atoms with Crippen molar-refractivity contribution in [3.63, 3.8) is 0 Å². The highest BCUT2D eigenvalue weighted by Crippen LogP contribution is 2.24. The third-order valence-electron chi connectivity index (χ3n) is 4.20. The molecule has 6 heteroatoms. The first-order chi connectivity index (χ1) is 11.8. The summed E-state index contributed by atoms with van der Waals surface area (Å²) in [7, 11) is 0. The molecule has 2 heterocycles. The summed E-state index contributed by atoms with van der Waals surface area (Å²) in [6.07, 6.45) is 7.45. The van der Waals surface area contributed by atoms with E-state index < -0.39 is 0 Å². The van der Waals surface area contributed by atoms with Crippen LogP contribution in [0.25, 0.3) is 0 Å². The van der Waals surface area contributed by atoms with Crippen LogP contribution in [-0.2, 0) is 13.0 Å². The molecule has 0 unspecified atom stereocenters. The first-order valence-corrected chi connectivity index (χ1v) is 9.96. The quantitative estimate of drug-likeness (QED) is 0.461. The van der Waals surface area contributed by atoms with Gasteiger partial charge in [0.05, 0.1) is 0 Å². The van der Waals surface area contributed by atoms with E-state index in [1.807, 2.05) is 30.7 Å². The highest BCUT2D eigenvalue weighted by molar-refractivity contribution is 7.98. The van der Waals surface area contributed by atoms with Gasteiger partial charge in [-0.1, -0.05) is 35.5 Å². The van der Waals surface area contributed by atoms with Crippen LogP contribution in [0.15, 0.2) is 35.6 Å². The number of nitrogens with one attached hydrogen (secondary N) is 1. The molecule has 3 rings (SSSR count). The van der Waals surface area contributed by atoms with E-state index in [1.54, 1.807) is 11.8 Å². The van der Waals surface area contributed by atoms with Crippen molar-refractivity contribution >= 4 is 29.2 Å². The van der Waals surface area contributed by atoms with Crippen LogP contribution >= 0.6 is 23.4 Å². The van der Waals surface area contributed by atoms with Crippen molar-refractivity contribution in [2.45, 2.75) is 31.0 Å². The summed E-state index contributed by atoms with van der Waals surface area (Å²) >= 11 is 7.63. The second kappa shape index (κ2) is 8.70. The van der Waals surface area contributed by atoms with Gasteiger partial charge in [-0.05, 0) is 49.8 Å². The minimum atomic E-state index is 0.793. The molecule has 0 saturated carbocycles. The summed E-state index contributed by atoms with van der Waals surface area (Å²) in [5.74, 6) is 1.10. The van der Waals surface area contributed by atoms with E-state index in [1.165, 1.54) is 24.0 Å². The van der Waals surface area contributed by atoms with Gasteiger partial charge in [-0.3, -0.25) is 0 Å². The van der Waals surface area contributed by atoms with Crippen molar-refractivity contribution in [2.24, 2.45) is 0 Å². The van der Waals surface area contributed by atoms with Crippen LogP contribution in [0.2, 0.25) is 5.02 Å². The van der Waals surface area contributed by atoms with Gasteiger partial charge < -0.3 is 10.2 Å². The monoisotopic (exact) mass is 362 g/mol. The summed E-state index contributed by atoms with van der Waals surface area (Å²) in [4.78, 5) is 11.6. The Hall–Kier alpha value is -1.30. The van der Waals surface area contributed by atoms with Crippen LogP contribution in [0.3, 0.4) is 0 Å². The normalized spacial score (nSPS) is 14.3. The van der Waals surface area contributed by atoms with Crippen molar-refractivity contribution < 1.29 is 0 Å². The average molecular weight is 363 g/mol. The molecule has 1 saturated heterocycles. The smallest absolute Gasteiger partial charge is 0.189 e. The van der Waals surface area contributed by atoms with Gasteiger partial charge in [-0.15, -0.1) is 0 Å². The Balaban J connectivity index is 1.59. The Kier molecular flexibility index (Phi) is 6.35. The molecule has 1 N–H and O–H groups in total. The van der Waals surface area contributed by atoms with Crippen molar-refractivity contribution in [1.82, 2.24) is 15.3 Å². The van der Waals surface area contributed by atoms with Gasteiger partial charge >= 0.3 is 0 Å². The van der Waals surface area contributed by atoms with Crippen molar-refractivity contribution in [2.75, 3.05) is 30.8 Å². The minimum absolute atomic E-state index is 0.793. The number of halogens is 1. The predicted molar refractivity (Wildman–Crippen MR) is 102 cm³/mol. The topological polar surface area (TPSA) is 41.1 Å². The Bertz CT molecular complexity index is 674. The van der Waals surface area contributed by atoms with Gasteiger partial charge in [0, 0.05) is 36.4 Å². The number of anilines is 1. The zero-order chi connectivity index (χ0) is 16.8. The standard InChI is InChI=1S/C18H23ClN4S/c1-24-18-21-13-15(17(22-18)23-9-2-3-10-23)12-20-8-7-14-5-4-6-16(19)11-14/h4-6,11,13,20H,2-3,7-10,12H2,1H3. The molecule has 1 aromatic heterocycles. The molecule has 0 radical (unpaired) electrons. The van der Waals surface area contributed by atoms with E-state index in [2.05, 4.69) is 21.3 Å². The van der Waals surface area contributed by atoms with Gasteiger partial charge in [0.25, 0.3) is 0 Å². The lowest BCUT2D eigenvalue weighted by atomic mass is 10.1. The van der Waals surface area contributed by atoms with E-state index in [0.29, 0.717) is 0 Å². The van der Waals surface area contributed by atoms with Gasteiger partial charge in [-0.2, -0.15) is 0 Å². The molecule has 0 bridgehead atoms. The molecule has 1 aromatic carbocycles. The van der Waals surface area contributed by atoms with E-state index in [9.17, 15) is 0 Å². The molecule has 2 aromatic rings. The molecule has 1 aliphatic rings. The van der Waals surface area contributed by atoms with Crippen molar-refractivity contribution in [1.29, 1.82) is 0 Å². The first kappa shape index (κ1) is 17.5. The summed E-state index contributed by atoms with van der Waals surface area (Å²) in [6.45, 7) is 3.89. The maximum Gasteiger partial charge on any atom is 0.189 e. The van der Waals surface area contributed by atoms with E-state index in [-0.39, 0.29) is 0 Å². The lowest BCUT2D eigenvalue weighted by molar-refractivity contribution is 0.676. The molecule has 0 aliphatic carbocycles. The maximum atomic E-state index is 6.03. The number of aromatic nitrogens is 2. The molecule has 4 nitrogen and oxygen atoms in total. The number of hydrogen-bond donors (Lipinski definition) is 1. The molecular weight excluding hydrogens is 340 g/mol. The SMILES string of the molecule is CSc1ncc(CNCCc2cccc(Cl)c2)c(N2CCCC2)n1. The van der Waals surface area contributed by atoms with Gasteiger partial charge in [0.15, 0.2) is 5.16 Å². The third kappa shape index (κ3) is 4.62. The highest BCUT2D eigenvalue weighted by atomic mass is 35.5. The van der Waals surface area contributed by atoms with Crippen LogP contribution in [0, 0.1) is 0 Å². The molecular formula is C18H23ClN4S. The van der Waals surface area contributed by atoms with E-state index in [4.69, 9.17) is 16.6 Å². The van der Waals surface area contributed by atoms with E-state index >= 15 is 0 Å². The van der Waals surface area contributed by atoms with Gasteiger partial charge in [0.2, 0.25) is 0 Å². The second-order valence-corrected chi connectivity index (χ2v) is 7.17. The van der Waals surface area contributed by atoms with Crippen molar-refractivity contribution in [3.05, 3.63) is 46.6 Å². The Morgan fingerprint density at radius 3 is 2.88 bits per heavy atom. The zero-order valence-electron chi connectivity index (χ0n) is 14.0. The number of rotatable bonds is 7. The fraction of sp³-hybridized carbons (Fsp3) is 0.444. The number of benzene rings is 1. The number of hydrogen-bond acceptors (Lipinski definition) is 5. The van der Waals surface area contributed by atoms with Crippen LogP contribution in [0.1, 0.15) is 24.0 Å². The fourth-order valence-corrected chi connectivity index (χ4v) is 3.50. The molecule has 1 aliphatic heterocycles. The first-order valence-electron chi connectivity index (χ1n) is 8.36. The van der Waals surface area contributed by atoms with Crippen LogP contribution in [0.4, 0.5) is 5.82 Å². The largest absolute Gasteiger partial charge is 0.356 e. The predicted octanol–water partition coefficient (Wildman–Crippen LogP) is 3.78. The molecule has 24 heavy (non-hydrogen) atoms. The van der Waals surface area contributed by atoms with Crippen LogP contribution < -0.4 is 10.2 Å². The number of thioether (sulfide) groups is 1. The third-order valence-corrected chi connectivity index (χ3v) is 5.00. The molecule has 128 valence electrons. The summed E-state index contributed by atoms with van der Waals surface area (Å²) < 4.78 is 0. The highest BCUT2D eigenvalue weighted by Gasteiger charge is 2.18. The lowest BCUT2D eigenvalue weighted by Gasteiger charge is -2.20. The zero-order valence-corrected chi connectivity index (χ0v) is 15.5. The van der Waals surface area contributed by atoms with Gasteiger partial charge in [0.1, 0.15) is 5.82 Å². The Morgan fingerprint density at radius 1 is 1.29 bits per heavy atom. The second-order valence-electron chi connectivity index (χ2n) is 5.96. The van der Waals surface area contributed by atoms with E-state index in [0.717, 1.165) is 48.6 Å². The van der Waals surface area contributed by atoms with Crippen LogP contribution in [0.5, 0.6) is 0 Å². The summed E-state index contributed by atoms with van der Waals surface area (Å²) in [5, 5.41) is 5.16. The minimum Gasteiger partial charge on any atom is -0.356 e. The summed E-state index contributed by atoms with van der Waals surface area (Å²) in [6, 6.07) is 8.04. The fourth-order valence-electron chi connectivity index (χ4n) is 2.96. The van der Waals surface area contributed by atoms with Gasteiger partial charge in [-0.25, -0.2) is 9.97 Å². The maximum absolute atomic E-state index is 6.03. The number of nitrogens with zero attached hydrogens (tertiary/aromatic N) is 3. The summed E-state index contributed by atoms with van der Waals surface area (Å²) in [5.41, 5.74) is 2.43. The van der Waals surface area contributed by atoms with Crippen LogP contribution in [-0.4, -0.2) is 35.9 Å². The molecule has 1 fully saturated rings. The lowest BCUT2D eigenvalue weighted by Crippen LogP contribution is -2.24. The molecule has 0 atom stereocenters. The van der Waals surface area contributed by atoms with Crippen molar-refractivity contribution in [3.8, 4) is 0 Å². The molecule has 0 amide bonds.